The van der Waals surface area contributed by atoms with Crippen molar-refractivity contribution in [2.75, 3.05) is 19.5 Å². The SMILES string of the molecule is COc1ccc(-c2cn(-c3ccccc3)nc2C(=O)Nc2nnc(-c3ccccn3)s2)cc1OC. The maximum atomic E-state index is 13.4. The van der Waals surface area contributed by atoms with Gasteiger partial charge in [-0.15, -0.1) is 10.2 Å². The van der Waals surface area contributed by atoms with E-state index in [1.54, 1.807) is 31.2 Å². The first-order valence-electron chi connectivity index (χ1n) is 10.6. The van der Waals surface area contributed by atoms with Crippen molar-refractivity contribution in [1.29, 1.82) is 0 Å². The zero-order valence-corrected chi connectivity index (χ0v) is 19.7. The summed E-state index contributed by atoms with van der Waals surface area (Å²) in [6, 6.07) is 20.6. The molecule has 0 radical (unpaired) electrons. The van der Waals surface area contributed by atoms with Crippen molar-refractivity contribution in [3.63, 3.8) is 0 Å². The predicted molar refractivity (Wildman–Crippen MR) is 133 cm³/mol. The zero-order valence-electron chi connectivity index (χ0n) is 18.9. The second-order valence-corrected chi connectivity index (χ2v) is 8.30. The van der Waals surface area contributed by atoms with Crippen molar-refractivity contribution in [3.8, 4) is 39.0 Å². The molecule has 35 heavy (non-hydrogen) atoms. The first-order valence-corrected chi connectivity index (χ1v) is 11.4. The molecule has 0 aliphatic carbocycles. The van der Waals surface area contributed by atoms with Crippen LogP contribution in [0.4, 0.5) is 5.13 Å². The highest BCUT2D eigenvalue weighted by Crippen LogP contribution is 2.34. The summed E-state index contributed by atoms with van der Waals surface area (Å²) in [5.41, 5.74) is 3.12. The van der Waals surface area contributed by atoms with E-state index in [2.05, 4.69) is 25.6 Å². The first kappa shape index (κ1) is 22.2. The van der Waals surface area contributed by atoms with E-state index < -0.39 is 5.91 Å². The Bertz CT molecular complexity index is 1470. The summed E-state index contributed by atoms with van der Waals surface area (Å²) in [5, 5.41) is 16.6. The number of hydrogen-bond acceptors (Lipinski definition) is 8. The summed E-state index contributed by atoms with van der Waals surface area (Å²) in [6.45, 7) is 0. The van der Waals surface area contributed by atoms with Crippen LogP contribution in [-0.4, -0.2) is 45.1 Å². The van der Waals surface area contributed by atoms with Crippen LogP contribution in [0.5, 0.6) is 11.5 Å². The van der Waals surface area contributed by atoms with E-state index in [-0.39, 0.29) is 5.69 Å². The van der Waals surface area contributed by atoms with Gasteiger partial charge in [0.05, 0.1) is 19.9 Å². The van der Waals surface area contributed by atoms with Gasteiger partial charge in [0.15, 0.2) is 22.2 Å². The lowest BCUT2D eigenvalue weighted by molar-refractivity contribution is 0.102. The van der Waals surface area contributed by atoms with Crippen molar-refractivity contribution in [2.45, 2.75) is 0 Å². The molecular formula is C25H20N6O3S. The van der Waals surface area contributed by atoms with Crippen molar-refractivity contribution in [2.24, 2.45) is 0 Å². The van der Waals surface area contributed by atoms with Crippen LogP contribution in [0.25, 0.3) is 27.5 Å². The fourth-order valence-electron chi connectivity index (χ4n) is 3.49. The number of nitrogens with zero attached hydrogens (tertiary/aromatic N) is 5. The minimum Gasteiger partial charge on any atom is -0.493 e. The lowest BCUT2D eigenvalue weighted by Gasteiger charge is -2.09. The summed E-state index contributed by atoms with van der Waals surface area (Å²) in [5.74, 6) is 0.731. The highest BCUT2D eigenvalue weighted by Gasteiger charge is 2.22. The van der Waals surface area contributed by atoms with Crippen molar-refractivity contribution in [1.82, 2.24) is 25.0 Å². The van der Waals surface area contributed by atoms with E-state index in [9.17, 15) is 4.79 Å². The maximum absolute atomic E-state index is 13.4. The quantitative estimate of drug-likeness (QED) is 0.356. The molecule has 0 aliphatic rings. The Kier molecular flexibility index (Phi) is 6.18. The number of aromatic nitrogens is 5. The van der Waals surface area contributed by atoms with Crippen LogP contribution in [0, 0.1) is 0 Å². The normalized spacial score (nSPS) is 10.7. The second kappa shape index (κ2) is 9.74. The van der Waals surface area contributed by atoms with E-state index in [1.807, 2.05) is 66.9 Å². The summed E-state index contributed by atoms with van der Waals surface area (Å²) >= 11 is 1.24. The van der Waals surface area contributed by atoms with Crippen LogP contribution >= 0.6 is 11.3 Å². The largest absolute Gasteiger partial charge is 0.493 e. The van der Waals surface area contributed by atoms with Gasteiger partial charge < -0.3 is 9.47 Å². The summed E-state index contributed by atoms with van der Waals surface area (Å²) in [6.07, 6.45) is 3.49. The Hall–Kier alpha value is -4.57. The van der Waals surface area contributed by atoms with Gasteiger partial charge in [0, 0.05) is 18.0 Å². The molecular weight excluding hydrogens is 464 g/mol. The standard InChI is InChI=1S/C25H20N6O3S/c1-33-20-12-11-16(14-21(20)34-2)18-15-31(17-8-4-3-5-9-17)30-22(18)23(32)27-25-29-28-24(35-25)19-10-6-7-13-26-19/h3-15H,1-2H3,(H,27,29,32). The minimum atomic E-state index is -0.409. The Labute approximate surface area is 205 Å². The molecule has 1 amide bonds. The molecule has 1 N–H and O–H groups in total. The van der Waals surface area contributed by atoms with Gasteiger partial charge in [-0.3, -0.25) is 15.1 Å². The van der Waals surface area contributed by atoms with Gasteiger partial charge in [-0.25, -0.2) is 4.68 Å². The summed E-state index contributed by atoms with van der Waals surface area (Å²) < 4.78 is 12.5. The monoisotopic (exact) mass is 484 g/mol. The average molecular weight is 485 g/mol. The molecule has 0 saturated carbocycles. The molecule has 0 aliphatic heterocycles. The third kappa shape index (κ3) is 4.59. The number of methoxy groups -OCH3 is 2. The number of hydrogen-bond donors (Lipinski definition) is 1. The number of carbonyl (C=O) groups excluding carboxylic acids is 1. The topological polar surface area (TPSA) is 104 Å². The average Bonchev–Trinajstić information content (AvgIpc) is 3.57. The van der Waals surface area contributed by atoms with E-state index in [1.165, 1.54) is 11.3 Å². The van der Waals surface area contributed by atoms with Crippen molar-refractivity contribution >= 4 is 22.4 Å². The van der Waals surface area contributed by atoms with E-state index in [0.29, 0.717) is 32.9 Å². The maximum Gasteiger partial charge on any atom is 0.278 e. The molecule has 9 nitrogen and oxygen atoms in total. The van der Waals surface area contributed by atoms with E-state index >= 15 is 0 Å². The molecule has 174 valence electrons. The van der Waals surface area contributed by atoms with Crippen molar-refractivity contribution < 1.29 is 14.3 Å². The molecule has 0 atom stereocenters. The van der Waals surface area contributed by atoms with Crippen molar-refractivity contribution in [3.05, 3.63) is 84.8 Å². The smallest absolute Gasteiger partial charge is 0.278 e. The van der Waals surface area contributed by atoms with Crippen LogP contribution in [0.1, 0.15) is 10.5 Å². The highest BCUT2D eigenvalue weighted by molar-refractivity contribution is 7.18. The molecule has 5 aromatic rings. The number of benzene rings is 2. The number of ether oxygens (including phenoxy) is 2. The van der Waals surface area contributed by atoms with Gasteiger partial charge in [-0.1, -0.05) is 41.7 Å². The lowest BCUT2D eigenvalue weighted by Crippen LogP contribution is -2.14. The number of rotatable bonds is 7. The number of para-hydroxylation sites is 1. The van der Waals surface area contributed by atoms with Crippen LogP contribution in [0.2, 0.25) is 0 Å². The van der Waals surface area contributed by atoms with Crippen LogP contribution in [0.15, 0.2) is 79.1 Å². The van der Waals surface area contributed by atoms with Gasteiger partial charge in [0.2, 0.25) is 5.13 Å². The van der Waals surface area contributed by atoms with Gasteiger partial charge in [-0.2, -0.15) is 5.10 Å². The fourth-order valence-corrected chi connectivity index (χ4v) is 4.21. The number of amides is 1. The first-order chi connectivity index (χ1) is 17.2. The number of carbonyl (C=O) groups is 1. The zero-order chi connectivity index (χ0) is 24.2. The molecule has 3 aromatic heterocycles. The molecule has 3 heterocycles. The number of pyridine rings is 1. The molecule has 0 saturated heterocycles. The lowest BCUT2D eigenvalue weighted by atomic mass is 10.1. The molecule has 0 spiro atoms. The highest BCUT2D eigenvalue weighted by atomic mass is 32.1. The molecule has 2 aromatic carbocycles. The Balaban J connectivity index is 1.52. The molecule has 10 heteroatoms. The van der Waals surface area contributed by atoms with Gasteiger partial charge in [0.1, 0.15) is 5.69 Å². The van der Waals surface area contributed by atoms with Crippen LogP contribution < -0.4 is 14.8 Å². The van der Waals surface area contributed by atoms with E-state index in [0.717, 1.165) is 11.3 Å². The van der Waals surface area contributed by atoms with E-state index in [4.69, 9.17) is 9.47 Å². The third-order valence-corrected chi connectivity index (χ3v) is 6.04. The molecule has 0 unspecified atom stereocenters. The van der Waals surface area contributed by atoms with Crippen LogP contribution in [-0.2, 0) is 0 Å². The van der Waals surface area contributed by atoms with Gasteiger partial charge in [-0.05, 0) is 42.0 Å². The van der Waals surface area contributed by atoms with Gasteiger partial charge >= 0.3 is 0 Å². The fraction of sp³-hybridized carbons (Fsp3) is 0.0800. The van der Waals surface area contributed by atoms with Gasteiger partial charge in [0.25, 0.3) is 5.91 Å². The number of anilines is 1. The summed E-state index contributed by atoms with van der Waals surface area (Å²) in [7, 11) is 3.14. The number of nitrogens with one attached hydrogen (secondary N) is 1. The third-order valence-electron chi connectivity index (χ3n) is 5.17. The molecule has 0 bridgehead atoms. The summed E-state index contributed by atoms with van der Waals surface area (Å²) in [4.78, 5) is 17.6. The molecule has 0 fully saturated rings. The Morgan fingerprint density at radius 2 is 1.74 bits per heavy atom. The van der Waals surface area contributed by atoms with Crippen LogP contribution in [0.3, 0.4) is 0 Å². The molecule has 5 rings (SSSR count). The Morgan fingerprint density at radius 1 is 0.943 bits per heavy atom. The predicted octanol–water partition coefficient (Wildman–Crippen LogP) is 4.72. The second-order valence-electron chi connectivity index (χ2n) is 7.32. The minimum absolute atomic E-state index is 0.232. The Morgan fingerprint density at radius 3 is 2.49 bits per heavy atom.